The lowest BCUT2D eigenvalue weighted by Crippen LogP contribution is -2.49. The minimum Gasteiger partial charge on any atom is -0.449 e. The second-order valence-corrected chi connectivity index (χ2v) is 6.59. The number of rotatable bonds is 3. The van der Waals surface area contributed by atoms with E-state index in [0.717, 1.165) is 5.69 Å². The molecule has 1 aromatic carbocycles. The zero-order valence-electron chi connectivity index (χ0n) is 13.4. The normalized spacial score (nSPS) is 25.3. The van der Waals surface area contributed by atoms with Crippen molar-refractivity contribution in [1.82, 2.24) is 4.90 Å². The number of nitrogens with zero attached hydrogens (tertiary/aromatic N) is 1. The van der Waals surface area contributed by atoms with Crippen molar-refractivity contribution in [2.75, 3.05) is 25.0 Å². The Labute approximate surface area is 132 Å². The van der Waals surface area contributed by atoms with Crippen molar-refractivity contribution in [3.05, 3.63) is 29.8 Å². The third-order valence-corrected chi connectivity index (χ3v) is 4.96. The minimum absolute atomic E-state index is 0.336. The number of amides is 1. The van der Waals surface area contributed by atoms with Crippen LogP contribution >= 0.6 is 0 Å². The van der Waals surface area contributed by atoms with Gasteiger partial charge in [-0.2, -0.15) is 0 Å². The van der Waals surface area contributed by atoms with Crippen LogP contribution in [0.2, 0.25) is 0 Å². The Bertz CT molecular complexity index is 498. The van der Waals surface area contributed by atoms with Crippen LogP contribution in [-0.2, 0) is 4.74 Å². The second-order valence-electron chi connectivity index (χ2n) is 6.59. The van der Waals surface area contributed by atoms with E-state index in [-0.39, 0.29) is 6.09 Å². The van der Waals surface area contributed by atoms with Crippen LogP contribution in [0.15, 0.2) is 24.3 Å². The number of hydrogen-bond acceptors (Lipinski definition) is 3. The topological polar surface area (TPSA) is 41.6 Å². The van der Waals surface area contributed by atoms with E-state index in [4.69, 9.17) is 4.74 Å². The summed E-state index contributed by atoms with van der Waals surface area (Å²) in [5.41, 5.74) is 1.97. The van der Waals surface area contributed by atoms with Gasteiger partial charge in [0.25, 0.3) is 0 Å². The molecule has 4 heteroatoms. The number of ether oxygens (including phenoxy) is 1. The molecule has 2 aliphatic heterocycles. The van der Waals surface area contributed by atoms with Crippen LogP contribution in [0.4, 0.5) is 10.5 Å². The molecule has 0 unspecified atom stereocenters. The zero-order valence-corrected chi connectivity index (χ0v) is 13.4. The van der Waals surface area contributed by atoms with Gasteiger partial charge in [0.2, 0.25) is 0 Å². The van der Waals surface area contributed by atoms with Crippen LogP contribution in [0.3, 0.4) is 0 Å². The summed E-state index contributed by atoms with van der Waals surface area (Å²) in [5, 5.41) is 2.81. The monoisotopic (exact) mass is 302 g/mol. The lowest BCUT2D eigenvalue weighted by molar-refractivity contribution is 0.0261. The Morgan fingerprint density at radius 1 is 1.18 bits per heavy atom. The summed E-state index contributed by atoms with van der Waals surface area (Å²) in [4.78, 5) is 14.5. The van der Waals surface area contributed by atoms with Gasteiger partial charge in [0.1, 0.15) is 0 Å². The Balaban J connectivity index is 1.48. The Hall–Kier alpha value is -1.55. The molecule has 120 valence electrons. The molecular weight excluding hydrogens is 276 g/mol. The maximum absolute atomic E-state index is 12.0. The van der Waals surface area contributed by atoms with Crippen molar-refractivity contribution < 1.29 is 9.53 Å². The van der Waals surface area contributed by atoms with E-state index < -0.39 is 0 Å². The number of carbonyl (C=O) groups is 1. The average molecular weight is 302 g/mol. The number of carbonyl (C=O) groups excluding carboxylic acids is 1. The van der Waals surface area contributed by atoms with Crippen LogP contribution in [0.25, 0.3) is 0 Å². The number of piperidine rings is 2. The summed E-state index contributed by atoms with van der Waals surface area (Å²) >= 11 is 0. The molecule has 22 heavy (non-hydrogen) atoms. The predicted octanol–water partition coefficient (Wildman–Crippen LogP) is 3.81. The van der Waals surface area contributed by atoms with Gasteiger partial charge in [-0.05, 0) is 57.8 Å². The van der Waals surface area contributed by atoms with E-state index in [0.29, 0.717) is 18.6 Å². The molecule has 0 aliphatic carbocycles. The van der Waals surface area contributed by atoms with E-state index in [1.807, 2.05) is 31.2 Å². The van der Waals surface area contributed by atoms with E-state index >= 15 is 0 Å². The Morgan fingerprint density at radius 2 is 1.95 bits per heavy atom. The number of hydrogen-bond donors (Lipinski definition) is 1. The maximum Gasteiger partial charge on any atom is 0.411 e. The SMILES string of the molecule is Cc1ccc(NC(=O)OC[C@H]2CCCN3CCCC[C@@H]23)cc1. The number of anilines is 1. The maximum atomic E-state index is 12.0. The highest BCUT2D eigenvalue weighted by molar-refractivity contribution is 5.84. The lowest BCUT2D eigenvalue weighted by Gasteiger charge is -2.44. The first-order valence-corrected chi connectivity index (χ1v) is 8.47. The van der Waals surface area contributed by atoms with Gasteiger partial charge in [-0.3, -0.25) is 10.2 Å². The number of nitrogens with one attached hydrogen (secondary N) is 1. The first-order chi connectivity index (χ1) is 10.7. The van der Waals surface area contributed by atoms with Gasteiger partial charge in [-0.15, -0.1) is 0 Å². The van der Waals surface area contributed by atoms with Crippen molar-refractivity contribution in [1.29, 1.82) is 0 Å². The van der Waals surface area contributed by atoms with Crippen molar-refractivity contribution in [3.63, 3.8) is 0 Å². The van der Waals surface area contributed by atoms with Gasteiger partial charge in [0, 0.05) is 17.6 Å². The number of fused-ring (bicyclic) bond motifs is 1. The quantitative estimate of drug-likeness (QED) is 0.923. The molecule has 2 fully saturated rings. The third-order valence-electron chi connectivity index (χ3n) is 4.96. The van der Waals surface area contributed by atoms with Crippen LogP contribution in [0, 0.1) is 12.8 Å². The molecule has 0 bridgehead atoms. The van der Waals surface area contributed by atoms with E-state index in [2.05, 4.69) is 10.2 Å². The van der Waals surface area contributed by atoms with E-state index in [9.17, 15) is 4.79 Å². The number of aryl methyl sites for hydroxylation is 1. The van der Waals surface area contributed by atoms with Crippen molar-refractivity contribution in [2.45, 2.75) is 45.1 Å². The molecule has 0 saturated carbocycles. The molecule has 4 nitrogen and oxygen atoms in total. The summed E-state index contributed by atoms with van der Waals surface area (Å²) in [6, 6.07) is 8.39. The molecule has 0 spiro atoms. The third kappa shape index (κ3) is 3.80. The highest BCUT2D eigenvalue weighted by Gasteiger charge is 2.33. The molecule has 2 heterocycles. The summed E-state index contributed by atoms with van der Waals surface area (Å²) in [7, 11) is 0. The van der Waals surface area contributed by atoms with Crippen LogP contribution in [0.1, 0.15) is 37.7 Å². The van der Waals surface area contributed by atoms with Gasteiger partial charge in [0.15, 0.2) is 0 Å². The molecule has 1 aromatic rings. The molecular formula is C18H26N2O2. The number of benzene rings is 1. The van der Waals surface area contributed by atoms with Crippen molar-refractivity contribution in [2.24, 2.45) is 5.92 Å². The van der Waals surface area contributed by atoms with Gasteiger partial charge < -0.3 is 4.74 Å². The Kier molecular flexibility index (Phi) is 4.98. The average Bonchev–Trinajstić information content (AvgIpc) is 2.55. The summed E-state index contributed by atoms with van der Waals surface area (Å²) < 4.78 is 5.49. The Morgan fingerprint density at radius 3 is 2.77 bits per heavy atom. The molecule has 2 aliphatic rings. The largest absolute Gasteiger partial charge is 0.449 e. The van der Waals surface area contributed by atoms with Gasteiger partial charge >= 0.3 is 6.09 Å². The van der Waals surface area contributed by atoms with E-state index in [1.54, 1.807) is 0 Å². The molecule has 2 atom stereocenters. The summed E-state index contributed by atoms with van der Waals surface area (Å²) in [6.45, 7) is 5.01. The van der Waals surface area contributed by atoms with Gasteiger partial charge in [-0.1, -0.05) is 24.1 Å². The second kappa shape index (κ2) is 7.14. The highest BCUT2D eigenvalue weighted by atomic mass is 16.5. The molecule has 0 radical (unpaired) electrons. The van der Waals surface area contributed by atoms with Crippen molar-refractivity contribution in [3.8, 4) is 0 Å². The molecule has 0 aromatic heterocycles. The first-order valence-electron chi connectivity index (χ1n) is 8.47. The summed E-state index contributed by atoms with van der Waals surface area (Å²) in [5.74, 6) is 0.498. The van der Waals surface area contributed by atoms with Crippen LogP contribution in [0.5, 0.6) is 0 Å². The molecule has 3 rings (SSSR count). The van der Waals surface area contributed by atoms with E-state index in [1.165, 1.54) is 50.8 Å². The van der Waals surface area contributed by atoms with Crippen molar-refractivity contribution >= 4 is 11.8 Å². The standard InChI is InChI=1S/C18H26N2O2/c1-14-7-9-16(10-8-14)19-18(21)22-13-15-5-4-12-20-11-3-2-6-17(15)20/h7-10,15,17H,2-6,11-13H2,1H3,(H,19,21)/t15-,17+/m1/s1. The zero-order chi connectivity index (χ0) is 15.4. The molecule has 1 amide bonds. The highest BCUT2D eigenvalue weighted by Crippen LogP contribution is 2.31. The smallest absolute Gasteiger partial charge is 0.411 e. The van der Waals surface area contributed by atoms with Crippen LogP contribution in [-0.4, -0.2) is 36.7 Å². The summed E-state index contributed by atoms with van der Waals surface area (Å²) in [6.07, 6.45) is 5.96. The van der Waals surface area contributed by atoms with Gasteiger partial charge in [-0.25, -0.2) is 4.79 Å². The fourth-order valence-corrected chi connectivity index (χ4v) is 3.75. The lowest BCUT2D eigenvalue weighted by atomic mass is 9.84. The fourth-order valence-electron chi connectivity index (χ4n) is 3.75. The molecule has 1 N–H and O–H groups in total. The minimum atomic E-state index is -0.336. The first kappa shape index (κ1) is 15.3. The molecule has 2 saturated heterocycles. The predicted molar refractivity (Wildman–Crippen MR) is 88.1 cm³/mol. The fraction of sp³-hybridized carbons (Fsp3) is 0.611. The van der Waals surface area contributed by atoms with Gasteiger partial charge in [0.05, 0.1) is 6.61 Å². The van der Waals surface area contributed by atoms with Crippen LogP contribution < -0.4 is 5.32 Å².